The van der Waals surface area contributed by atoms with E-state index in [-0.39, 0.29) is 11.9 Å². The quantitative estimate of drug-likeness (QED) is 0.838. The van der Waals surface area contributed by atoms with Crippen molar-refractivity contribution in [1.82, 2.24) is 14.9 Å². The molecule has 1 aromatic carbocycles. The van der Waals surface area contributed by atoms with Gasteiger partial charge in [0.15, 0.2) is 0 Å². The topological polar surface area (TPSA) is 78.5 Å². The first kappa shape index (κ1) is 15.9. The molecular formula is C14H21N3O3S. The van der Waals surface area contributed by atoms with Gasteiger partial charge in [-0.2, -0.15) is 4.31 Å². The van der Waals surface area contributed by atoms with Gasteiger partial charge in [-0.25, -0.2) is 8.42 Å². The van der Waals surface area contributed by atoms with Crippen LogP contribution in [0.5, 0.6) is 0 Å². The average molecular weight is 311 g/mol. The van der Waals surface area contributed by atoms with Crippen molar-refractivity contribution < 1.29 is 13.2 Å². The maximum Gasteiger partial charge on any atom is 0.243 e. The predicted octanol–water partition coefficient (Wildman–Crippen LogP) is 0.305. The highest BCUT2D eigenvalue weighted by Crippen LogP contribution is 2.18. The summed E-state index contributed by atoms with van der Waals surface area (Å²) in [6, 6.07) is 6.81. The number of nitrogens with one attached hydrogen (secondary N) is 2. The molecule has 0 radical (unpaired) electrons. The average Bonchev–Trinajstić information content (AvgIpc) is 2.45. The predicted molar refractivity (Wildman–Crippen MR) is 80.2 cm³/mol. The largest absolute Gasteiger partial charge is 0.352 e. The monoisotopic (exact) mass is 311 g/mol. The number of nitrogens with zero attached hydrogens (tertiary/aromatic N) is 1. The molecule has 1 amide bonds. The molecule has 7 heteroatoms. The van der Waals surface area contributed by atoms with Gasteiger partial charge in [0.25, 0.3) is 0 Å². The Balaban J connectivity index is 2.11. The number of rotatable bonds is 4. The fourth-order valence-corrected chi connectivity index (χ4v) is 3.80. The molecule has 2 rings (SSSR count). The maximum absolute atomic E-state index is 12.5. The van der Waals surface area contributed by atoms with E-state index in [0.717, 1.165) is 5.56 Å². The van der Waals surface area contributed by atoms with E-state index in [1.165, 1.54) is 11.2 Å². The van der Waals surface area contributed by atoms with E-state index < -0.39 is 10.0 Å². The third-order valence-electron chi connectivity index (χ3n) is 3.43. The van der Waals surface area contributed by atoms with E-state index in [9.17, 15) is 13.2 Å². The molecule has 2 N–H and O–H groups in total. The second-order valence-electron chi connectivity index (χ2n) is 5.27. The highest BCUT2D eigenvalue weighted by Gasteiger charge is 2.28. The zero-order valence-electron chi connectivity index (χ0n) is 12.3. The molecule has 1 atom stereocenters. The lowest BCUT2D eigenvalue weighted by Crippen LogP contribution is -2.51. The van der Waals surface area contributed by atoms with Crippen LogP contribution in [0.25, 0.3) is 0 Å². The van der Waals surface area contributed by atoms with Gasteiger partial charge in [0.05, 0.1) is 4.90 Å². The fraction of sp³-hybridized carbons (Fsp3) is 0.500. The highest BCUT2D eigenvalue weighted by atomic mass is 32.2. The van der Waals surface area contributed by atoms with Gasteiger partial charge in [0.1, 0.15) is 0 Å². The van der Waals surface area contributed by atoms with Crippen LogP contribution in [0, 0.1) is 0 Å². The van der Waals surface area contributed by atoms with Crippen molar-refractivity contribution in [2.24, 2.45) is 0 Å². The Morgan fingerprint density at radius 1 is 1.38 bits per heavy atom. The first-order valence-electron chi connectivity index (χ1n) is 6.96. The van der Waals surface area contributed by atoms with Gasteiger partial charge < -0.3 is 10.6 Å². The number of carbonyl (C=O) groups is 1. The SMILES string of the molecule is CC(=O)NCc1ccc(S(=O)(=O)N2CCN[C@H](C)C2)cc1. The summed E-state index contributed by atoms with van der Waals surface area (Å²) in [6.45, 7) is 5.46. The summed E-state index contributed by atoms with van der Waals surface area (Å²) in [6.07, 6.45) is 0. The van der Waals surface area contributed by atoms with Crippen LogP contribution < -0.4 is 10.6 Å². The fourth-order valence-electron chi connectivity index (χ4n) is 2.27. The molecule has 0 unspecified atom stereocenters. The third kappa shape index (κ3) is 4.03. The molecule has 21 heavy (non-hydrogen) atoms. The number of hydrogen-bond acceptors (Lipinski definition) is 4. The van der Waals surface area contributed by atoms with Crippen molar-refractivity contribution in [3.8, 4) is 0 Å². The molecule has 1 heterocycles. The maximum atomic E-state index is 12.5. The smallest absolute Gasteiger partial charge is 0.243 e. The Morgan fingerprint density at radius 3 is 2.62 bits per heavy atom. The van der Waals surface area contributed by atoms with Gasteiger partial charge >= 0.3 is 0 Å². The van der Waals surface area contributed by atoms with E-state index >= 15 is 0 Å². The minimum atomic E-state index is -3.44. The standard InChI is InChI=1S/C14H21N3O3S/c1-11-10-17(8-7-15-11)21(19,20)14-5-3-13(4-6-14)9-16-12(2)18/h3-6,11,15H,7-10H2,1-2H3,(H,16,18)/t11-/m1/s1. The first-order chi connectivity index (χ1) is 9.89. The zero-order valence-corrected chi connectivity index (χ0v) is 13.1. The van der Waals surface area contributed by atoms with E-state index in [1.54, 1.807) is 24.3 Å². The van der Waals surface area contributed by atoms with Crippen LogP contribution in [0.2, 0.25) is 0 Å². The van der Waals surface area contributed by atoms with Crippen molar-refractivity contribution in [1.29, 1.82) is 0 Å². The number of benzene rings is 1. The molecule has 0 aromatic heterocycles. The molecule has 0 bridgehead atoms. The van der Waals surface area contributed by atoms with Crippen LogP contribution in [0.1, 0.15) is 19.4 Å². The normalized spacial score (nSPS) is 20.2. The summed E-state index contributed by atoms with van der Waals surface area (Å²) in [4.78, 5) is 11.2. The molecule has 116 valence electrons. The van der Waals surface area contributed by atoms with E-state index in [1.807, 2.05) is 6.92 Å². The van der Waals surface area contributed by atoms with Crippen molar-refractivity contribution >= 4 is 15.9 Å². The molecule has 1 fully saturated rings. The number of carbonyl (C=O) groups excluding carboxylic acids is 1. The van der Waals surface area contributed by atoms with Crippen molar-refractivity contribution in [2.75, 3.05) is 19.6 Å². The number of sulfonamides is 1. The molecule has 1 aliphatic rings. The molecular weight excluding hydrogens is 290 g/mol. The van der Waals surface area contributed by atoms with Crippen molar-refractivity contribution in [3.63, 3.8) is 0 Å². The molecule has 1 saturated heterocycles. The van der Waals surface area contributed by atoms with Gasteiger partial charge in [-0.1, -0.05) is 12.1 Å². The Kier molecular flexibility index (Phi) is 4.97. The van der Waals surface area contributed by atoms with Crippen LogP contribution in [-0.4, -0.2) is 44.3 Å². The number of hydrogen-bond donors (Lipinski definition) is 2. The van der Waals surface area contributed by atoms with E-state index in [0.29, 0.717) is 31.1 Å². The lowest BCUT2D eigenvalue weighted by atomic mass is 10.2. The van der Waals surface area contributed by atoms with Crippen molar-refractivity contribution in [3.05, 3.63) is 29.8 Å². The summed E-state index contributed by atoms with van der Waals surface area (Å²) in [5, 5.41) is 5.91. The summed E-state index contributed by atoms with van der Waals surface area (Å²) in [5.74, 6) is -0.110. The van der Waals surface area contributed by atoms with Crippen LogP contribution in [0.15, 0.2) is 29.2 Å². The summed E-state index contributed by atoms with van der Waals surface area (Å²) < 4.78 is 26.6. The molecule has 0 aliphatic carbocycles. The lowest BCUT2D eigenvalue weighted by molar-refractivity contribution is -0.119. The Bertz CT molecular complexity index is 598. The van der Waals surface area contributed by atoms with Crippen LogP contribution in [0.3, 0.4) is 0 Å². The lowest BCUT2D eigenvalue weighted by Gasteiger charge is -2.31. The summed E-state index contributed by atoms with van der Waals surface area (Å²) in [7, 11) is -3.44. The van der Waals surface area contributed by atoms with Crippen LogP contribution in [-0.2, 0) is 21.4 Å². The minimum absolute atomic E-state index is 0.110. The van der Waals surface area contributed by atoms with Gasteiger partial charge in [0.2, 0.25) is 15.9 Å². The Hall–Kier alpha value is -1.44. The van der Waals surface area contributed by atoms with Crippen molar-refractivity contribution in [2.45, 2.75) is 31.3 Å². The van der Waals surface area contributed by atoms with Gasteiger partial charge in [-0.05, 0) is 24.6 Å². The van der Waals surface area contributed by atoms with Gasteiger partial charge in [-0.3, -0.25) is 4.79 Å². The second kappa shape index (κ2) is 6.55. The zero-order chi connectivity index (χ0) is 15.5. The highest BCUT2D eigenvalue weighted by molar-refractivity contribution is 7.89. The number of piperazine rings is 1. The molecule has 0 saturated carbocycles. The molecule has 6 nitrogen and oxygen atoms in total. The van der Waals surface area contributed by atoms with Crippen LogP contribution >= 0.6 is 0 Å². The number of amides is 1. The third-order valence-corrected chi connectivity index (χ3v) is 5.31. The Labute approximate surface area is 125 Å². The summed E-state index contributed by atoms with van der Waals surface area (Å²) in [5.41, 5.74) is 0.873. The minimum Gasteiger partial charge on any atom is -0.352 e. The first-order valence-corrected chi connectivity index (χ1v) is 8.40. The summed E-state index contributed by atoms with van der Waals surface area (Å²) >= 11 is 0. The van der Waals surface area contributed by atoms with Gasteiger partial charge in [0, 0.05) is 39.1 Å². The second-order valence-corrected chi connectivity index (χ2v) is 7.21. The molecule has 0 spiro atoms. The Morgan fingerprint density at radius 2 is 2.05 bits per heavy atom. The molecule has 1 aliphatic heterocycles. The van der Waals surface area contributed by atoms with E-state index in [4.69, 9.17) is 0 Å². The molecule has 1 aromatic rings. The van der Waals surface area contributed by atoms with E-state index in [2.05, 4.69) is 10.6 Å². The van der Waals surface area contributed by atoms with Gasteiger partial charge in [-0.15, -0.1) is 0 Å². The van der Waals surface area contributed by atoms with Crippen LogP contribution in [0.4, 0.5) is 0 Å².